The topological polar surface area (TPSA) is 0 Å². The summed E-state index contributed by atoms with van der Waals surface area (Å²) in [5.74, 6) is 7.01. The third-order valence-electron chi connectivity index (χ3n) is 12.0. The average Bonchev–Trinajstić information content (AvgIpc) is 3.62. The van der Waals surface area contributed by atoms with Crippen LogP contribution in [0.3, 0.4) is 0 Å². The van der Waals surface area contributed by atoms with Crippen LogP contribution in [0.5, 0.6) is 0 Å². The van der Waals surface area contributed by atoms with Gasteiger partial charge in [0.1, 0.15) is 0 Å². The first kappa shape index (κ1) is 40.5. The van der Waals surface area contributed by atoms with Gasteiger partial charge in [0.15, 0.2) is 0 Å². The Hall–Kier alpha value is 0.428. The molecule has 0 nitrogen and oxygen atoms in total. The van der Waals surface area contributed by atoms with E-state index in [1.165, 1.54) is 166 Å². The largest absolute Gasteiger partial charge is 0.316 e. The summed E-state index contributed by atoms with van der Waals surface area (Å²) in [6, 6.07) is 0. The summed E-state index contributed by atoms with van der Waals surface area (Å²) in [4.78, 5) is 0. The minimum absolute atomic E-state index is 0. The van der Waals surface area contributed by atoms with Crippen molar-refractivity contribution in [3.63, 3.8) is 0 Å². The molecular formula is C41H77W-. The third kappa shape index (κ3) is 16.7. The summed E-state index contributed by atoms with van der Waals surface area (Å²) >= 11 is 0. The van der Waals surface area contributed by atoms with Crippen LogP contribution in [0.4, 0.5) is 0 Å². The molecule has 0 heterocycles. The molecule has 2 fully saturated rings. The van der Waals surface area contributed by atoms with Gasteiger partial charge in [-0.1, -0.05) is 168 Å². The molecule has 2 aliphatic rings. The number of rotatable bonds is 27. The standard InChI is InChI=1S/C41H77.W/c1-8-12-14-19-23-38(22-13-9-2)40-32-39(40)24-20-17-15-16-18-21-34(5)29-30-41(10-3,11-4)33-36(7)26-28-37-27-25-35(6)31-37;/h35,37-40H,5,8-33H2,1-4,6-7H3;/q-1;. The van der Waals surface area contributed by atoms with Crippen LogP contribution < -0.4 is 0 Å². The molecule has 2 rings (SSSR count). The molecule has 5 unspecified atom stereocenters. The summed E-state index contributed by atoms with van der Waals surface area (Å²) < 4.78 is 0. The van der Waals surface area contributed by atoms with E-state index in [-0.39, 0.29) is 21.1 Å². The van der Waals surface area contributed by atoms with E-state index in [1.54, 1.807) is 12.3 Å². The van der Waals surface area contributed by atoms with Gasteiger partial charge in [-0.05, 0) is 68.1 Å². The van der Waals surface area contributed by atoms with Crippen molar-refractivity contribution in [2.75, 3.05) is 0 Å². The fourth-order valence-corrected chi connectivity index (χ4v) is 8.64. The smallest absolute Gasteiger partial charge is 0 e. The van der Waals surface area contributed by atoms with Gasteiger partial charge in [-0.3, -0.25) is 0 Å². The molecule has 0 spiro atoms. The van der Waals surface area contributed by atoms with Crippen LogP contribution >= 0.6 is 0 Å². The Morgan fingerprint density at radius 1 is 0.786 bits per heavy atom. The van der Waals surface area contributed by atoms with Crippen LogP contribution in [0.25, 0.3) is 0 Å². The van der Waals surface area contributed by atoms with Crippen molar-refractivity contribution < 1.29 is 21.1 Å². The van der Waals surface area contributed by atoms with Crippen molar-refractivity contribution in [2.45, 2.75) is 208 Å². The van der Waals surface area contributed by atoms with Crippen molar-refractivity contribution in [2.24, 2.45) is 35.0 Å². The van der Waals surface area contributed by atoms with E-state index < -0.39 is 0 Å². The van der Waals surface area contributed by atoms with E-state index in [9.17, 15) is 0 Å². The maximum absolute atomic E-state index is 4.54. The van der Waals surface area contributed by atoms with Crippen LogP contribution in [-0.4, -0.2) is 0 Å². The van der Waals surface area contributed by atoms with E-state index in [1.807, 2.05) is 0 Å². The van der Waals surface area contributed by atoms with Gasteiger partial charge in [-0.15, -0.1) is 0 Å². The van der Waals surface area contributed by atoms with E-state index in [2.05, 4.69) is 48.1 Å². The normalized spacial score (nSPS) is 22.8. The van der Waals surface area contributed by atoms with Gasteiger partial charge in [0.05, 0.1) is 0 Å². The minimum atomic E-state index is 0. The van der Waals surface area contributed by atoms with Crippen molar-refractivity contribution in [1.29, 1.82) is 0 Å². The molecule has 0 radical (unpaired) electrons. The van der Waals surface area contributed by atoms with Crippen LogP contribution in [0.1, 0.15) is 208 Å². The second kappa shape index (κ2) is 23.7. The van der Waals surface area contributed by atoms with Gasteiger partial charge in [0, 0.05) is 21.1 Å². The predicted octanol–water partition coefficient (Wildman–Crippen LogP) is 14.5. The maximum atomic E-state index is 4.54. The summed E-state index contributed by atoms with van der Waals surface area (Å²) in [6.07, 6.45) is 37.1. The van der Waals surface area contributed by atoms with Crippen molar-refractivity contribution >= 4 is 0 Å². The number of unbranched alkanes of at least 4 members (excludes halogenated alkanes) is 8. The van der Waals surface area contributed by atoms with Crippen LogP contribution in [-0.2, 0) is 21.1 Å². The van der Waals surface area contributed by atoms with E-state index in [0.29, 0.717) is 5.41 Å². The first-order valence-electron chi connectivity index (χ1n) is 19.3. The SMILES string of the molecule is C=C(CCCCCCCC1CC1C(CCCC)CCCCCC)CCC(CC)(CC)C[C-](C)CCC1CCC(C)C1.[W]. The molecule has 2 aliphatic carbocycles. The summed E-state index contributed by atoms with van der Waals surface area (Å²) in [5.41, 5.74) is 2.05. The van der Waals surface area contributed by atoms with E-state index in [0.717, 1.165) is 29.6 Å². The Morgan fingerprint density at radius 2 is 1.45 bits per heavy atom. The molecule has 2 saturated carbocycles. The molecular weight excluding hydrogens is 676 g/mol. The van der Waals surface area contributed by atoms with Gasteiger partial charge in [0.25, 0.3) is 0 Å². The third-order valence-corrected chi connectivity index (χ3v) is 12.0. The molecule has 5 atom stereocenters. The predicted molar refractivity (Wildman–Crippen MR) is 186 cm³/mol. The molecule has 0 N–H and O–H groups in total. The Balaban J connectivity index is 0.00000882. The molecule has 0 saturated heterocycles. The summed E-state index contributed by atoms with van der Waals surface area (Å²) in [5, 5.41) is 0. The van der Waals surface area contributed by atoms with Crippen molar-refractivity contribution in [3.8, 4) is 0 Å². The number of hydrogen-bond acceptors (Lipinski definition) is 0. The zero-order valence-electron chi connectivity index (χ0n) is 29.9. The Bertz CT molecular complexity index is 647. The summed E-state index contributed by atoms with van der Waals surface area (Å²) in [7, 11) is 0. The van der Waals surface area contributed by atoms with Gasteiger partial charge >= 0.3 is 0 Å². The molecule has 0 aliphatic heterocycles. The van der Waals surface area contributed by atoms with Crippen LogP contribution in [0.15, 0.2) is 12.2 Å². The molecule has 42 heavy (non-hydrogen) atoms. The molecule has 0 amide bonds. The zero-order valence-corrected chi connectivity index (χ0v) is 32.8. The van der Waals surface area contributed by atoms with Crippen molar-refractivity contribution in [3.05, 3.63) is 18.1 Å². The Morgan fingerprint density at radius 3 is 2.12 bits per heavy atom. The molecule has 0 aromatic rings. The van der Waals surface area contributed by atoms with Gasteiger partial charge in [-0.25, -0.2) is 0 Å². The van der Waals surface area contributed by atoms with E-state index in [4.69, 9.17) is 0 Å². The van der Waals surface area contributed by atoms with Crippen LogP contribution in [0.2, 0.25) is 0 Å². The monoisotopic (exact) mass is 754 g/mol. The quantitative estimate of drug-likeness (QED) is 0.0445. The minimum Gasteiger partial charge on any atom is -0.316 e. The molecule has 0 bridgehead atoms. The molecule has 1 heteroatoms. The summed E-state index contributed by atoms with van der Waals surface area (Å²) in [6.45, 7) is 19.1. The second-order valence-electron chi connectivity index (χ2n) is 15.6. The van der Waals surface area contributed by atoms with Gasteiger partial charge in [0.2, 0.25) is 0 Å². The van der Waals surface area contributed by atoms with E-state index >= 15 is 0 Å². The fraction of sp³-hybridized carbons (Fsp3) is 0.927. The zero-order chi connectivity index (χ0) is 29.9. The molecule has 0 aromatic carbocycles. The maximum Gasteiger partial charge on any atom is 0 e. The average molecular weight is 754 g/mol. The number of hydrogen-bond donors (Lipinski definition) is 0. The molecule has 248 valence electrons. The first-order chi connectivity index (χ1) is 19.9. The van der Waals surface area contributed by atoms with Gasteiger partial charge in [-0.2, -0.15) is 19.8 Å². The number of allylic oxidation sites excluding steroid dienone is 1. The Labute approximate surface area is 281 Å². The van der Waals surface area contributed by atoms with Gasteiger partial charge < -0.3 is 5.92 Å². The molecule has 0 aromatic heterocycles. The first-order valence-corrected chi connectivity index (χ1v) is 19.3. The second-order valence-corrected chi connectivity index (χ2v) is 15.6. The van der Waals surface area contributed by atoms with Crippen molar-refractivity contribution in [1.82, 2.24) is 0 Å². The fourth-order valence-electron chi connectivity index (χ4n) is 8.64. The van der Waals surface area contributed by atoms with Crippen LogP contribution in [0, 0.1) is 40.9 Å². The Kier molecular flexibility index (Phi) is 22.8.